The van der Waals surface area contributed by atoms with Gasteiger partial charge in [0.2, 0.25) is 0 Å². The highest BCUT2D eigenvalue weighted by atomic mass is 79.9. The number of benzene rings is 1. The molecule has 1 aliphatic heterocycles. The molecular formula is C22H29BrF3N3O3S. The minimum absolute atomic E-state index is 0.170. The second-order valence-corrected chi connectivity index (χ2v) is 13.1. The van der Waals surface area contributed by atoms with Crippen molar-refractivity contribution in [1.29, 1.82) is 0 Å². The van der Waals surface area contributed by atoms with E-state index in [4.69, 9.17) is 4.74 Å². The van der Waals surface area contributed by atoms with Gasteiger partial charge in [0, 0.05) is 36.0 Å². The molecule has 0 bridgehead atoms. The lowest BCUT2D eigenvalue weighted by molar-refractivity contribution is -0.0105. The average Bonchev–Trinajstić information content (AvgIpc) is 2.88. The SMILES string of the molecule is CC(C)(C)OC(=O)N1CC(n2cc(CC(F)(F)N[S+]([O-])C(C)(C)C)c3cc(F)c(Br)cc32)C1. The molecule has 1 fully saturated rings. The summed E-state index contributed by atoms with van der Waals surface area (Å²) in [5.74, 6) is -0.569. The van der Waals surface area contributed by atoms with Crippen LogP contribution in [0.25, 0.3) is 10.9 Å². The number of hydrogen-bond acceptors (Lipinski definition) is 4. The van der Waals surface area contributed by atoms with Crippen LogP contribution in [0.4, 0.5) is 18.0 Å². The maximum absolute atomic E-state index is 14.7. The first-order valence-corrected chi connectivity index (χ1v) is 12.4. The van der Waals surface area contributed by atoms with Gasteiger partial charge in [-0.05, 0) is 75.2 Å². The Morgan fingerprint density at radius 3 is 2.39 bits per heavy atom. The number of alkyl halides is 2. The second kappa shape index (κ2) is 8.98. The highest BCUT2D eigenvalue weighted by molar-refractivity contribution is 9.10. The number of fused-ring (bicyclic) bond motifs is 1. The molecule has 0 saturated carbocycles. The Kier molecular flexibility index (Phi) is 7.12. The Balaban J connectivity index is 1.86. The molecule has 1 N–H and O–H groups in total. The number of halogens is 4. The van der Waals surface area contributed by atoms with Crippen molar-refractivity contribution in [3.05, 3.63) is 34.2 Å². The zero-order valence-corrected chi connectivity index (χ0v) is 21.9. The number of nitrogens with one attached hydrogen (secondary N) is 1. The Hall–Kier alpha value is -1.43. The van der Waals surface area contributed by atoms with E-state index in [1.165, 1.54) is 11.0 Å². The first-order chi connectivity index (χ1) is 15.0. The van der Waals surface area contributed by atoms with E-state index in [9.17, 15) is 22.5 Å². The van der Waals surface area contributed by atoms with Crippen molar-refractivity contribution in [3.8, 4) is 0 Å². The molecule has 1 amide bonds. The fraction of sp³-hybridized carbons (Fsp3) is 0.591. The third kappa shape index (κ3) is 6.17. The fourth-order valence-electron chi connectivity index (χ4n) is 3.43. The molecule has 1 aliphatic rings. The summed E-state index contributed by atoms with van der Waals surface area (Å²) in [7, 11) is 0. The highest BCUT2D eigenvalue weighted by Gasteiger charge is 2.41. The molecule has 1 saturated heterocycles. The molecule has 0 aliphatic carbocycles. The monoisotopic (exact) mass is 551 g/mol. The number of hydrogen-bond donors (Lipinski definition) is 1. The zero-order valence-electron chi connectivity index (χ0n) is 19.5. The van der Waals surface area contributed by atoms with Crippen LogP contribution in [0, 0.1) is 5.82 Å². The van der Waals surface area contributed by atoms with Crippen molar-refractivity contribution in [2.45, 2.75) is 70.4 Å². The largest absolute Gasteiger partial charge is 0.598 e. The van der Waals surface area contributed by atoms with E-state index in [2.05, 4.69) is 15.9 Å². The van der Waals surface area contributed by atoms with Crippen molar-refractivity contribution in [2.24, 2.45) is 0 Å². The number of aromatic nitrogens is 1. The molecule has 11 heteroatoms. The van der Waals surface area contributed by atoms with Crippen molar-refractivity contribution >= 4 is 44.3 Å². The number of carbonyl (C=O) groups is 1. The van der Waals surface area contributed by atoms with Crippen molar-refractivity contribution < 1.29 is 27.3 Å². The normalized spacial score (nSPS) is 16.8. The first-order valence-electron chi connectivity index (χ1n) is 10.5. The predicted molar refractivity (Wildman–Crippen MR) is 126 cm³/mol. The Labute approximate surface area is 203 Å². The summed E-state index contributed by atoms with van der Waals surface area (Å²) < 4.78 is 64.4. The summed E-state index contributed by atoms with van der Waals surface area (Å²) in [6.07, 6.45) is 0.355. The molecule has 1 unspecified atom stereocenters. The van der Waals surface area contributed by atoms with E-state index in [0.717, 1.165) is 0 Å². The quantitative estimate of drug-likeness (QED) is 0.392. The van der Waals surface area contributed by atoms with Gasteiger partial charge in [0.15, 0.2) is 0 Å². The Bertz CT molecular complexity index is 1040. The minimum atomic E-state index is -3.47. The lowest BCUT2D eigenvalue weighted by atomic mass is 10.1. The number of carbonyl (C=O) groups excluding carboxylic acids is 1. The number of nitrogens with zero attached hydrogens (tertiary/aromatic N) is 2. The molecule has 184 valence electrons. The summed E-state index contributed by atoms with van der Waals surface area (Å²) in [5.41, 5.74) is 0.166. The van der Waals surface area contributed by atoms with Gasteiger partial charge in [-0.3, -0.25) is 0 Å². The zero-order chi connectivity index (χ0) is 24.9. The maximum Gasteiger partial charge on any atom is 0.410 e. The molecule has 0 radical (unpaired) electrons. The molecule has 2 aromatic rings. The number of ether oxygens (including phenoxy) is 1. The predicted octanol–water partition coefficient (Wildman–Crippen LogP) is 5.52. The van der Waals surface area contributed by atoms with E-state index in [1.807, 2.05) is 4.72 Å². The van der Waals surface area contributed by atoms with Crippen LogP contribution in [0.3, 0.4) is 0 Å². The standard InChI is InChI=1S/C22H29BrF3N3O3S/c1-20(2,3)32-19(30)28-11-14(12-28)29-10-13(15-7-17(24)16(23)8-18(15)29)9-22(25,26)27-33(31)21(4,5)6/h7-8,10,14,27H,9,11-12H2,1-6H3. The summed E-state index contributed by atoms with van der Waals surface area (Å²) in [6, 6.07) is -0.880. The Morgan fingerprint density at radius 1 is 1.24 bits per heavy atom. The number of amides is 1. The summed E-state index contributed by atoms with van der Waals surface area (Å²) in [5, 5.41) is 0.342. The fourth-order valence-corrected chi connectivity index (χ4v) is 4.41. The molecule has 1 aromatic carbocycles. The topological polar surface area (TPSA) is 69.6 Å². The van der Waals surface area contributed by atoms with Gasteiger partial charge in [-0.25, -0.2) is 9.18 Å². The summed E-state index contributed by atoms with van der Waals surface area (Å²) >= 11 is 1.18. The smallest absolute Gasteiger partial charge is 0.410 e. The van der Waals surface area contributed by atoms with Crippen LogP contribution in [0.5, 0.6) is 0 Å². The highest BCUT2D eigenvalue weighted by Crippen LogP contribution is 2.35. The maximum atomic E-state index is 14.7. The van der Waals surface area contributed by atoms with Crippen LogP contribution in [0.15, 0.2) is 22.8 Å². The Morgan fingerprint density at radius 2 is 1.85 bits per heavy atom. The van der Waals surface area contributed by atoms with Gasteiger partial charge in [0.1, 0.15) is 16.2 Å². The molecule has 2 heterocycles. The van der Waals surface area contributed by atoms with Crippen LogP contribution in [0.2, 0.25) is 0 Å². The van der Waals surface area contributed by atoms with Crippen LogP contribution in [-0.4, -0.2) is 49.6 Å². The lowest BCUT2D eigenvalue weighted by Gasteiger charge is -2.40. The van der Waals surface area contributed by atoms with Gasteiger partial charge in [-0.2, -0.15) is 8.78 Å². The molecule has 6 nitrogen and oxygen atoms in total. The van der Waals surface area contributed by atoms with E-state index in [-0.39, 0.29) is 16.1 Å². The van der Waals surface area contributed by atoms with Crippen molar-refractivity contribution in [1.82, 2.24) is 14.2 Å². The average molecular weight is 552 g/mol. The molecule has 3 rings (SSSR count). The number of likely N-dealkylation sites (tertiary alicyclic amines) is 1. The molecule has 33 heavy (non-hydrogen) atoms. The molecule has 0 spiro atoms. The van der Waals surface area contributed by atoms with E-state index >= 15 is 0 Å². The van der Waals surface area contributed by atoms with Crippen LogP contribution in [0.1, 0.15) is 53.1 Å². The lowest BCUT2D eigenvalue weighted by Crippen LogP contribution is -2.52. The van der Waals surface area contributed by atoms with Gasteiger partial charge >= 0.3 is 12.1 Å². The number of rotatable bonds is 5. The van der Waals surface area contributed by atoms with Gasteiger partial charge in [0.25, 0.3) is 0 Å². The summed E-state index contributed by atoms with van der Waals surface area (Å²) in [6.45, 7) is 10.8. The summed E-state index contributed by atoms with van der Waals surface area (Å²) in [4.78, 5) is 13.8. The van der Waals surface area contributed by atoms with Crippen LogP contribution >= 0.6 is 15.9 Å². The molecule has 1 atom stereocenters. The molecule has 1 aromatic heterocycles. The van der Waals surface area contributed by atoms with Crippen molar-refractivity contribution in [3.63, 3.8) is 0 Å². The van der Waals surface area contributed by atoms with Crippen LogP contribution in [-0.2, 0) is 22.5 Å². The van der Waals surface area contributed by atoms with Gasteiger partial charge < -0.3 is 18.8 Å². The van der Waals surface area contributed by atoms with Gasteiger partial charge in [0.05, 0.1) is 22.5 Å². The second-order valence-electron chi connectivity index (χ2n) is 10.2. The van der Waals surface area contributed by atoms with Crippen molar-refractivity contribution in [2.75, 3.05) is 13.1 Å². The van der Waals surface area contributed by atoms with Crippen LogP contribution < -0.4 is 4.72 Å². The molecular weight excluding hydrogens is 523 g/mol. The van der Waals surface area contributed by atoms with Gasteiger partial charge in [-0.1, -0.05) is 4.72 Å². The van der Waals surface area contributed by atoms with E-state index < -0.39 is 46.1 Å². The minimum Gasteiger partial charge on any atom is -0.598 e. The third-order valence-electron chi connectivity index (χ3n) is 5.08. The van der Waals surface area contributed by atoms with E-state index in [1.54, 1.807) is 58.4 Å². The first kappa shape index (κ1) is 26.2. The third-order valence-corrected chi connectivity index (χ3v) is 7.28. The van der Waals surface area contributed by atoms with E-state index in [0.29, 0.717) is 24.0 Å². The van der Waals surface area contributed by atoms with Gasteiger partial charge in [-0.15, -0.1) is 0 Å².